The van der Waals surface area contributed by atoms with Crippen LogP contribution in [0.5, 0.6) is 0 Å². The molecule has 3 heterocycles. The van der Waals surface area contributed by atoms with E-state index in [1.807, 2.05) is 0 Å². The number of hydrogen-bond acceptors (Lipinski definition) is 10. The lowest BCUT2D eigenvalue weighted by atomic mass is 10.1. The van der Waals surface area contributed by atoms with E-state index in [4.69, 9.17) is 30.6 Å². The van der Waals surface area contributed by atoms with Crippen molar-refractivity contribution in [3.63, 3.8) is 0 Å². The van der Waals surface area contributed by atoms with Gasteiger partial charge in [-0.25, -0.2) is 9.07 Å². The molecule has 6 atom stereocenters. The van der Waals surface area contributed by atoms with Crippen molar-refractivity contribution in [1.82, 2.24) is 19.7 Å². The lowest BCUT2D eigenvalue weighted by molar-refractivity contribution is -0.0541. The van der Waals surface area contributed by atoms with Crippen LogP contribution in [0.2, 0.25) is 5.28 Å². The molecule has 18 heteroatoms. The van der Waals surface area contributed by atoms with Crippen molar-refractivity contribution in [1.29, 1.82) is 0 Å². The molecule has 206 valence electrons. The van der Waals surface area contributed by atoms with Gasteiger partial charge in [-0.1, -0.05) is 24.3 Å². The number of hydrogen-bond donors (Lipinski definition) is 6. The molecule has 1 aliphatic rings. The number of aromatic nitrogens is 4. The van der Waals surface area contributed by atoms with Gasteiger partial charge in [0.05, 0.1) is 24.2 Å². The Morgan fingerprint density at radius 2 is 1.95 bits per heavy atom. The van der Waals surface area contributed by atoms with Gasteiger partial charge in [-0.3, -0.25) is 9.13 Å². The van der Waals surface area contributed by atoms with Gasteiger partial charge in [0.1, 0.15) is 29.9 Å². The lowest BCUT2D eigenvalue weighted by Crippen LogP contribution is -2.33. The molecule has 0 amide bonds. The largest absolute Gasteiger partial charge is 0.387 e. The van der Waals surface area contributed by atoms with Crippen LogP contribution in [0.15, 0.2) is 43.1 Å². The molecule has 2 aromatic heterocycles. The number of nitrogens with zero attached hydrogens (tertiary/aromatic N) is 4. The van der Waals surface area contributed by atoms with Crippen LogP contribution in [0.1, 0.15) is 17.8 Å². The molecule has 0 bridgehead atoms. The van der Waals surface area contributed by atoms with Crippen LogP contribution in [-0.4, -0.2) is 75.5 Å². The monoisotopic (exact) mass is 593 g/mol. The minimum atomic E-state index is -4.86. The average Bonchev–Trinajstić information content (AvgIpc) is 3.36. The van der Waals surface area contributed by atoms with Crippen molar-refractivity contribution in [2.45, 2.75) is 30.6 Å². The van der Waals surface area contributed by atoms with E-state index in [9.17, 15) is 28.6 Å². The fourth-order valence-electron chi connectivity index (χ4n) is 3.87. The SMILES string of the molecule is C=C[C@@H](Nc1nc(Cl)nc2c1cnn2[C@@H]1O[C@H](COP(=O)(O)CP(=O)(O)O)[C@@H](O)[C@H]1O)c1ccccc1F. The summed E-state index contributed by atoms with van der Waals surface area (Å²) >= 11 is 6.11. The summed E-state index contributed by atoms with van der Waals surface area (Å²) in [6.45, 7) is 2.96. The third-order valence-electron chi connectivity index (χ3n) is 5.58. The molecule has 4 rings (SSSR count). The summed E-state index contributed by atoms with van der Waals surface area (Å²) in [6.07, 6.45) is -3.19. The fraction of sp³-hybridized carbons (Fsp3) is 0.350. The van der Waals surface area contributed by atoms with Crippen molar-refractivity contribution in [3.8, 4) is 0 Å². The van der Waals surface area contributed by atoms with Crippen molar-refractivity contribution < 1.29 is 47.7 Å². The number of ether oxygens (including phenoxy) is 1. The molecule has 14 nitrogen and oxygen atoms in total. The zero-order chi connectivity index (χ0) is 27.8. The van der Waals surface area contributed by atoms with Crippen LogP contribution >= 0.6 is 26.8 Å². The average molecular weight is 594 g/mol. The summed E-state index contributed by atoms with van der Waals surface area (Å²) in [7, 11) is -9.59. The molecule has 0 saturated carbocycles. The van der Waals surface area contributed by atoms with Gasteiger partial charge in [0.25, 0.3) is 0 Å². The zero-order valence-electron chi connectivity index (χ0n) is 19.3. The third-order valence-corrected chi connectivity index (χ3v) is 9.20. The Hall–Kier alpha value is -2.29. The van der Waals surface area contributed by atoms with E-state index in [1.54, 1.807) is 18.2 Å². The molecule has 6 N–H and O–H groups in total. The minimum Gasteiger partial charge on any atom is -0.387 e. The van der Waals surface area contributed by atoms with Gasteiger partial charge >= 0.3 is 15.2 Å². The highest BCUT2D eigenvalue weighted by atomic mass is 35.5. The molecule has 1 saturated heterocycles. The normalized spacial score (nSPS) is 24.3. The zero-order valence-corrected chi connectivity index (χ0v) is 21.8. The fourth-order valence-corrected chi connectivity index (χ4v) is 6.60. The highest BCUT2D eigenvalue weighted by Gasteiger charge is 2.46. The number of aliphatic hydroxyl groups excluding tert-OH is 2. The van der Waals surface area contributed by atoms with Gasteiger partial charge in [-0.2, -0.15) is 15.1 Å². The molecule has 1 unspecified atom stereocenters. The molecule has 0 radical (unpaired) electrons. The van der Waals surface area contributed by atoms with Crippen molar-refractivity contribution in [3.05, 3.63) is 59.8 Å². The van der Waals surface area contributed by atoms with Crippen molar-refractivity contribution >= 4 is 43.6 Å². The molecular formula is C20H23ClFN5O9P2. The van der Waals surface area contributed by atoms with Crippen molar-refractivity contribution in [2.24, 2.45) is 0 Å². The number of rotatable bonds is 10. The van der Waals surface area contributed by atoms with Gasteiger partial charge < -0.3 is 39.5 Å². The first-order chi connectivity index (χ1) is 17.8. The first-order valence-electron chi connectivity index (χ1n) is 10.9. The second-order valence-corrected chi connectivity index (χ2v) is 12.7. The third kappa shape index (κ3) is 6.29. The van der Waals surface area contributed by atoms with E-state index in [0.29, 0.717) is 10.9 Å². The lowest BCUT2D eigenvalue weighted by Gasteiger charge is -2.18. The Labute approximate surface area is 219 Å². The number of nitrogens with one attached hydrogen (secondary N) is 1. The van der Waals surface area contributed by atoms with Crippen molar-refractivity contribution in [2.75, 3.05) is 17.8 Å². The number of aliphatic hydroxyl groups is 2. The number of fused-ring (bicyclic) bond motifs is 1. The van der Waals surface area contributed by atoms with E-state index in [0.717, 1.165) is 4.68 Å². The summed E-state index contributed by atoms with van der Waals surface area (Å²) in [5.74, 6) is -1.75. The highest BCUT2D eigenvalue weighted by molar-refractivity contribution is 7.70. The second-order valence-electron chi connectivity index (χ2n) is 8.33. The standard InChI is InChI=1S/C20H23ClFN5O9P2/c1-2-13(10-5-3-4-6-12(10)22)24-17-11-7-23-27(18(11)26-20(21)25-17)19-16(29)15(28)14(36-19)8-35-38(33,34)9-37(30,31)32/h2-7,13-16,19,28-29H,1,8-9H2,(H,33,34)(H,24,25,26)(H2,30,31,32)/t13-,14-,15-,16-,19-/m1/s1. The molecule has 1 fully saturated rings. The maximum absolute atomic E-state index is 14.4. The van der Waals surface area contributed by atoms with E-state index in [-0.39, 0.29) is 16.7 Å². The second kappa shape index (κ2) is 11.1. The number of benzene rings is 1. The van der Waals surface area contributed by atoms with E-state index < -0.39 is 64.1 Å². The van der Waals surface area contributed by atoms with Crippen LogP contribution in [0.4, 0.5) is 10.2 Å². The van der Waals surface area contributed by atoms with Gasteiger partial charge in [0, 0.05) is 5.56 Å². The summed E-state index contributed by atoms with van der Waals surface area (Å²) in [5, 5.41) is 28.2. The van der Waals surface area contributed by atoms with Gasteiger partial charge in [-0.05, 0) is 17.7 Å². The van der Waals surface area contributed by atoms with Crippen LogP contribution in [-0.2, 0) is 18.4 Å². The smallest absolute Gasteiger partial charge is 0.340 e. The molecule has 0 aliphatic carbocycles. The van der Waals surface area contributed by atoms with E-state index >= 15 is 0 Å². The van der Waals surface area contributed by atoms with Crippen LogP contribution in [0.25, 0.3) is 11.0 Å². The van der Waals surface area contributed by atoms with Crippen LogP contribution in [0, 0.1) is 5.82 Å². The quantitative estimate of drug-likeness (QED) is 0.113. The highest BCUT2D eigenvalue weighted by Crippen LogP contribution is 2.55. The first-order valence-corrected chi connectivity index (χ1v) is 14.8. The topological polar surface area (TPSA) is 209 Å². The maximum atomic E-state index is 14.4. The Morgan fingerprint density at radius 1 is 1.24 bits per heavy atom. The Morgan fingerprint density at radius 3 is 2.61 bits per heavy atom. The number of anilines is 1. The predicted molar refractivity (Wildman–Crippen MR) is 132 cm³/mol. The molecule has 1 aliphatic heterocycles. The summed E-state index contributed by atoms with van der Waals surface area (Å²) in [6, 6.07) is 5.34. The summed E-state index contributed by atoms with van der Waals surface area (Å²) < 4.78 is 48.7. The Balaban J connectivity index is 1.58. The Kier molecular flexibility index (Phi) is 8.36. The minimum absolute atomic E-state index is 0.0657. The summed E-state index contributed by atoms with van der Waals surface area (Å²) in [4.78, 5) is 35.7. The molecule has 38 heavy (non-hydrogen) atoms. The van der Waals surface area contributed by atoms with Gasteiger partial charge in [0.15, 0.2) is 17.8 Å². The summed E-state index contributed by atoms with van der Waals surface area (Å²) in [5.41, 5.74) is 0.356. The number of halogens is 2. The van der Waals surface area contributed by atoms with Gasteiger partial charge in [-0.15, -0.1) is 6.58 Å². The van der Waals surface area contributed by atoms with Crippen LogP contribution in [0.3, 0.4) is 0 Å². The Bertz CT molecular complexity index is 1440. The first kappa shape index (κ1) is 28.7. The van der Waals surface area contributed by atoms with Gasteiger partial charge in [0.2, 0.25) is 5.28 Å². The molecule has 0 spiro atoms. The van der Waals surface area contributed by atoms with E-state index in [2.05, 4.69) is 27.0 Å². The molecular weight excluding hydrogens is 571 g/mol. The predicted octanol–water partition coefficient (Wildman–Crippen LogP) is 1.91. The molecule has 1 aromatic carbocycles. The maximum Gasteiger partial charge on any atom is 0.340 e. The molecule has 3 aromatic rings. The van der Waals surface area contributed by atoms with Crippen LogP contribution < -0.4 is 5.32 Å². The van der Waals surface area contributed by atoms with E-state index in [1.165, 1.54) is 18.3 Å².